The zero-order chi connectivity index (χ0) is 8.97. The number of aromatic nitrogens is 1. The average molecular weight is 230 g/mol. The molecule has 4 N–H and O–H groups in total. The first-order chi connectivity index (χ1) is 5.75. The molecule has 66 valence electrons. The van der Waals surface area contributed by atoms with E-state index in [0.29, 0.717) is 11.4 Å². The molecule has 0 aliphatic rings. The number of rotatable bonds is 3. The second kappa shape index (κ2) is 4.30. The second-order valence-electron chi connectivity index (χ2n) is 2.59. The highest BCUT2D eigenvalue weighted by Crippen LogP contribution is 2.19. The van der Waals surface area contributed by atoms with Crippen molar-refractivity contribution in [1.29, 1.82) is 0 Å². The molecule has 4 heteroatoms. The Morgan fingerprint density at radius 2 is 2.08 bits per heavy atom. The second-order valence-corrected chi connectivity index (χ2v) is 3.39. The van der Waals surface area contributed by atoms with Crippen molar-refractivity contribution in [2.75, 3.05) is 16.8 Å². The van der Waals surface area contributed by atoms with Gasteiger partial charge in [0.25, 0.3) is 0 Å². The molecular formula is C8H12BrN3. The van der Waals surface area contributed by atoms with Gasteiger partial charge in [0, 0.05) is 11.5 Å². The van der Waals surface area contributed by atoms with Crippen molar-refractivity contribution in [3.8, 4) is 0 Å². The maximum Gasteiger partial charge on any atom is 0.0737 e. The lowest BCUT2D eigenvalue weighted by Gasteiger charge is -2.05. The van der Waals surface area contributed by atoms with Crippen LogP contribution in [0.25, 0.3) is 0 Å². The van der Waals surface area contributed by atoms with Crippen LogP contribution >= 0.6 is 15.9 Å². The van der Waals surface area contributed by atoms with Crippen molar-refractivity contribution in [3.05, 3.63) is 18.0 Å². The van der Waals surface area contributed by atoms with Crippen molar-refractivity contribution in [2.24, 2.45) is 0 Å². The van der Waals surface area contributed by atoms with Crippen LogP contribution < -0.4 is 11.5 Å². The zero-order valence-electron chi connectivity index (χ0n) is 6.76. The lowest BCUT2D eigenvalue weighted by Crippen LogP contribution is -2.01. The van der Waals surface area contributed by atoms with Crippen LogP contribution in [0.4, 0.5) is 11.4 Å². The van der Waals surface area contributed by atoms with Crippen LogP contribution in [0.2, 0.25) is 0 Å². The number of halogens is 1. The van der Waals surface area contributed by atoms with Crippen LogP contribution in [0.1, 0.15) is 12.0 Å². The number of hydrogen-bond donors (Lipinski definition) is 2. The maximum absolute atomic E-state index is 5.74. The lowest BCUT2D eigenvalue weighted by molar-refractivity contribution is 0.934. The molecule has 0 unspecified atom stereocenters. The molecule has 0 saturated heterocycles. The Hall–Kier alpha value is -0.770. The van der Waals surface area contributed by atoms with Gasteiger partial charge >= 0.3 is 0 Å². The van der Waals surface area contributed by atoms with Gasteiger partial charge in [-0.2, -0.15) is 0 Å². The molecule has 1 aromatic heterocycles. The van der Waals surface area contributed by atoms with Gasteiger partial charge in [-0.1, -0.05) is 15.9 Å². The molecular weight excluding hydrogens is 218 g/mol. The van der Waals surface area contributed by atoms with Crippen molar-refractivity contribution in [3.63, 3.8) is 0 Å². The number of nitrogens with zero attached hydrogens (tertiary/aromatic N) is 1. The molecule has 0 fully saturated rings. The molecule has 0 aliphatic carbocycles. The highest BCUT2D eigenvalue weighted by atomic mass is 79.9. The fraction of sp³-hybridized carbons (Fsp3) is 0.375. The van der Waals surface area contributed by atoms with Gasteiger partial charge in [0.05, 0.1) is 17.6 Å². The zero-order valence-corrected chi connectivity index (χ0v) is 8.34. The Morgan fingerprint density at radius 3 is 2.75 bits per heavy atom. The number of pyridine rings is 1. The molecule has 1 aromatic rings. The molecule has 3 nitrogen and oxygen atoms in total. The van der Waals surface area contributed by atoms with Gasteiger partial charge in [0.2, 0.25) is 0 Å². The summed E-state index contributed by atoms with van der Waals surface area (Å²) in [5.74, 6) is 0. The number of anilines is 2. The minimum absolute atomic E-state index is 0.571. The Kier molecular flexibility index (Phi) is 3.34. The third kappa shape index (κ3) is 2.11. The van der Waals surface area contributed by atoms with Crippen LogP contribution in [0, 0.1) is 0 Å². The fourth-order valence-corrected chi connectivity index (χ4v) is 1.27. The van der Waals surface area contributed by atoms with Crippen molar-refractivity contribution in [2.45, 2.75) is 12.8 Å². The summed E-state index contributed by atoms with van der Waals surface area (Å²) in [5, 5.41) is 0.973. The number of alkyl halides is 1. The predicted molar refractivity (Wildman–Crippen MR) is 55.2 cm³/mol. The van der Waals surface area contributed by atoms with Gasteiger partial charge in [-0.3, -0.25) is 4.98 Å². The molecule has 0 amide bonds. The third-order valence-electron chi connectivity index (χ3n) is 1.68. The summed E-state index contributed by atoms with van der Waals surface area (Å²) in [4.78, 5) is 3.98. The SMILES string of the molecule is Nc1cncc(CCCBr)c1N. The summed E-state index contributed by atoms with van der Waals surface area (Å²) in [6.07, 6.45) is 5.33. The molecule has 0 aromatic carbocycles. The van der Waals surface area contributed by atoms with E-state index in [1.807, 2.05) is 0 Å². The summed E-state index contributed by atoms with van der Waals surface area (Å²) < 4.78 is 0. The van der Waals surface area contributed by atoms with Crippen LogP contribution in [0.3, 0.4) is 0 Å². The Labute approximate surface area is 80.3 Å². The molecule has 0 aliphatic heterocycles. The minimum atomic E-state index is 0.571. The van der Waals surface area contributed by atoms with Gasteiger partial charge < -0.3 is 11.5 Å². The Balaban J connectivity index is 2.78. The summed E-state index contributed by atoms with van der Waals surface area (Å²) in [5.41, 5.74) is 13.6. The molecule has 0 radical (unpaired) electrons. The van der Waals surface area contributed by atoms with Gasteiger partial charge in [0.15, 0.2) is 0 Å². The smallest absolute Gasteiger partial charge is 0.0737 e. The number of nitrogen functional groups attached to an aromatic ring is 2. The topological polar surface area (TPSA) is 64.9 Å². The summed E-state index contributed by atoms with van der Waals surface area (Å²) >= 11 is 3.36. The summed E-state index contributed by atoms with van der Waals surface area (Å²) in [6, 6.07) is 0. The number of nitrogens with two attached hydrogens (primary N) is 2. The minimum Gasteiger partial charge on any atom is -0.397 e. The average Bonchev–Trinajstić information content (AvgIpc) is 2.08. The van der Waals surface area contributed by atoms with E-state index in [0.717, 1.165) is 23.7 Å². The van der Waals surface area contributed by atoms with Gasteiger partial charge in [-0.05, 0) is 18.4 Å². The normalized spacial score (nSPS) is 10.1. The van der Waals surface area contributed by atoms with Crippen LogP contribution in [0.15, 0.2) is 12.4 Å². The Bertz CT molecular complexity index is 262. The first kappa shape index (κ1) is 9.32. The van der Waals surface area contributed by atoms with E-state index in [1.165, 1.54) is 0 Å². The van der Waals surface area contributed by atoms with Gasteiger partial charge in [-0.15, -0.1) is 0 Å². The number of hydrogen-bond acceptors (Lipinski definition) is 3. The standard InChI is InChI=1S/C8H12BrN3/c9-3-1-2-6-4-12-5-7(10)8(6)11/h4-5H,1-3,10H2,(H2,11,12). The van der Waals surface area contributed by atoms with Crippen molar-refractivity contribution in [1.82, 2.24) is 4.98 Å². The van der Waals surface area contributed by atoms with E-state index in [9.17, 15) is 0 Å². The number of aryl methyl sites for hydroxylation is 1. The van der Waals surface area contributed by atoms with E-state index in [2.05, 4.69) is 20.9 Å². The van der Waals surface area contributed by atoms with Gasteiger partial charge in [-0.25, -0.2) is 0 Å². The first-order valence-corrected chi connectivity index (χ1v) is 4.91. The highest BCUT2D eigenvalue weighted by molar-refractivity contribution is 9.09. The van der Waals surface area contributed by atoms with Crippen molar-refractivity contribution >= 4 is 27.3 Å². The molecule has 0 saturated carbocycles. The maximum atomic E-state index is 5.74. The van der Waals surface area contributed by atoms with Crippen LogP contribution in [-0.2, 0) is 6.42 Å². The first-order valence-electron chi connectivity index (χ1n) is 3.79. The van der Waals surface area contributed by atoms with Gasteiger partial charge in [0.1, 0.15) is 0 Å². The van der Waals surface area contributed by atoms with E-state index in [1.54, 1.807) is 12.4 Å². The van der Waals surface area contributed by atoms with E-state index >= 15 is 0 Å². The highest BCUT2D eigenvalue weighted by Gasteiger charge is 2.01. The quantitative estimate of drug-likeness (QED) is 0.774. The van der Waals surface area contributed by atoms with Crippen LogP contribution in [0.5, 0.6) is 0 Å². The molecule has 12 heavy (non-hydrogen) atoms. The predicted octanol–water partition coefficient (Wildman–Crippen LogP) is 1.57. The molecule has 0 bridgehead atoms. The molecule has 0 spiro atoms. The van der Waals surface area contributed by atoms with E-state index < -0.39 is 0 Å². The molecule has 0 atom stereocenters. The molecule has 1 rings (SSSR count). The summed E-state index contributed by atoms with van der Waals surface area (Å²) in [7, 11) is 0. The van der Waals surface area contributed by atoms with Crippen molar-refractivity contribution < 1.29 is 0 Å². The fourth-order valence-electron chi connectivity index (χ4n) is 0.989. The third-order valence-corrected chi connectivity index (χ3v) is 2.24. The largest absolute Gasteiger partial charge is 0.397 e. The Morgan fingerprint density at radius 1 is 1.33 bits per heavy atom. The van der Waals surface area contributed by atoms with Crippen LogP contribution in [-0.4, -0.2) is 10.3 Å². The lowest BCUT2D eigenvalue weighted by atomic mass is 10.1. The van der Waals surface area contributed by atoms with E-state index in [-0.39, 0.29) is 0 Å². The van der Waals surface area contributed by atoms with E-state index in [4.69, 9.17) is 11.5 Å². The summed E-state index contributed by atoms with van der Waals surface area (Å²) in [6.45, 7) is 0. The molecule has 1 heterocycles. The monoisotopic (exact) mass is 229 g/mol.